The molecule has 2 aromatic carbocycles. The third kappa shape index (κ3) is 4.61. The predicted octanol–water partition coefficient (Wildman–Crippen LogP) is 4.40. The lowest BCUT2D eigenvalue weighted by Gasteiger charge is -2.12. The smallest absolute Gasteiger partial charge is 0.276 e. The van der Waals surface area contributed by atoms with Crippen LogP contribution in [-0.4, -0.2) is 18.0 Å². The van der Waals surface area contributed by atoms with Crippen molar-refractivity contribution >= 4 is 17.3 Å². The summed E-state index contributed by atoms with van der Waals surface area (Å²) in [7, 11) is 1.62. The largest absolute Gasteiger partial charge is 0.497 e. The molecule has 3 aromatic rings. The number of ether oxygens (including phenoxy) is 1. The van der Waals surface area contributed by atoms with Crippen molar-refractivity contribution in [2.75, 3.05) is 17.7 Å². The van der Waals surface area contributed by atoms with Crippen molar-refractivity contribution in [2.24, 2.45) is 0 Å². The minimum atomic E-state index is -0.406. The van der Waals surface area contributed by atoms with Gasteiger partial charge in [0.25, 0.3) is 5.91 Å². The topological polar surface area (TPSA) is 63.2 Å². The Morgan fingerprint density at radius 1 is 1.15 bits per heavy atom. The second kappa shape index (κ2) is 8.31. The second-order valence-electron chi connectivity index (χ2n) is 6.02. The molecule has 3 rings (SSSR count). The fourth-order valence-corrected chi connectivity index (χ4v) is 2.53. The number of benzene rings is 2. The maximum atomic E-state index is 13.7. The van der Waals surface area contributed by atoms with Crippen LogP contribution in [0.5, 0.6) is 5.75 Å². The number of rotatable bonds is 6. The van der Waals surface area contributed by atoms with Crippen molar-refractivity contribution in [1.29, 1.82) is 0 Å². The number of anilines is 2. The van der Waals surface area contributed by atoms with Crippen LogP contribution >= 0.6 is 0 Å². The molecule has 2 N–H and O–H groups in total. The van der Waals surface area contributed by atoms with E-state index in [-0.39, 0.29) is 11.5 Å². The molecule has 0 atom stereocenters. The average Bonchev–Trinajstić information content (AvgIpc) is 2.70. The van der Waals surface area contributed by atoms with E-state index >= 15 is 0 Å². The van der Waals surface area contributed by atoms with Crippen LogP contribution in [0.25, 0.3) is 0 Å². The summed E-state index contributed by atoms with van der Waals surface area (Å²) in [5.74, 6) is 0.00767. The first kappa shape index (κ1) is 18.4. The standard InChI is InChI=1S/C21H20FN3O2/c1-14-5-8-16(12-18(14)22)25-21(26)20-19(4-3-11-23-20)24-13-15-6-9-17(27-2)10-7-15/h3-12,24H,13H2,1-2H3,(H,25,26). The van der Waals surface area contributed by atoms with E-state index in [2.05, 4.69) is 15.6 Å². The van der Waals surface area contributed by atoms with Gasteiger partial charge >= 0.3 is 0 Å². The zero-order valence-corrected chi connectivity index (χ0v) is 15.1. The summed E-state index contributed by atoms with van der Waals surface area (Å²) < 4.78 is 18.8. The number of hydrogen-bond donors (Lipinski definition) is 2. The fraction of sp³-hybridized carbons (Fsp3) is 0.143. The maximum absolute atomic E-state index is 13.7. The van der Waals surface area contributed by atoms with Gasteiger partial charge in [0.05, 0.1) is 12.8 Å². The third-order valence-corrected chi connectivity index (χ3v) is 4.09. The lowest BCUT2D eigenvalue weighted by Crippen LogP contribution is -2.16. The first-order valence-electron chi connectivity index (χ1n) is 8.46. The Morgan fingerprint density at radius 3 is 2.63 bits per heavy atom. The molecular formula is C21H20FN3O2. The number of methoxy groups -OCH3 is 1. The van der Waals surface area contributed by atoms with E-state index in [1.807, 2.05) is 24.3 Å². The molecule has 1 heterocycles. The van der Waals surface area contributed by atoms with Gasteiger partial charge in [-0.1, -0.05) is 18.2 Å². The van der Waals surface area contributed by atoms with Crippen molar-refractivity contribution in [3.63, 3.8) is 0 Å². The molecule has 0 radical (unpaired) electrons. The molecule has 6 heteroatoms. The van der Waals surface area contributed by atoms with Crippen LogP contribution in [0.1, 0.15) is 21.6 Å². The van der Waals surface area contributed by atoms with Gasteiger partial charge < -0.3 is 15.4 Å². The molecule has 0 unspecified atom stereocenters. The number of amides is 1. The number of carbonyl (C=O) groups excluding carboxylic acids is 1. The Hall–Kier alpha value is -3.41. The highest BCUT2D eigenvalue weighted by Crippen LogP contribution is 2.19. The van der Waals surface area contributed by atoms with Gasteiger partial charge in [-0.2, -0.15) is 0 Å². The summed E-state index contributed by atoms with van der Waals surface area (Å²) in [5.41, 5.74) is 2.78. The van der Waals surface area contributed by atoms with Crippen LogP contribution in [0.3, 0.4) is 0 Å². The van der Waals surface area contributed by atoms with Gasteiger partial charge in [-0.3, -0.25) is 4.79 Å². The van der Waals surface area contributed by atoms with Gasteiger partial charge in [-0.05, 0) is 54.4 Å². The quantitative estimate of drug-likeness (QED) is 0.679. The molecule has 0 bridgehead atoms. The monoisotopic (exact) mass is 365 g/mol. The zero-order chi connectivity index (χ0) is 19.2. The number of hydrogen-bond acceptors (Lipinski definition) is 4. The molecule has 5 nitrogen and oxygen atoms in total. The highest BCUT2D eigenvalue weighted by atomic mass is 19.1. The van der Waals surface area contributed by atoms with Gasteiger partial charge in [-0.25, -0.2) is 9.37 Å². The molecular weight excluding hydrogens is 345 g/mol. The number of halogens is 1. The Kier molecular flexibility index (Phi) is 5.66. The summed E-state index contributed by atoms with van der Waals surface area (Å²) in [6, 6.07) is 15.7. The number of pyridine rings is 1. The highest BCUT2D eigenvalue weighted by molar-refractivity contribution is 6.06. The molecule has 0 aliphatic rings. The lowest BCUT2D eigenvalue weighted by molar-refractivity contribution is 0.102. The number of nitrogens with one attached hydrogen (secondary N) is 2. The zero-order valence-electron chi connectivity index (χ0n) is 15.1. The first-order chi connectivity index (χ1) is 13.1. The molecule has 0 saturated heterocycles. The van der Waals surface area contributed by atoms with Crippen molar-refractivity contribution < 1.29 is 13.9 Å². The molecule has 0 aliphatic heterocycles. The van der Waals surface area contributed by atoms with Crippen LogP contribution in [0.15, 0.2) is 60.8 Å². The van der Waals surface area contributed by atoms with Crippen molar-refractivity contribution in [1.82, 2.24) is 4.98 Å². The summed E-state index contributed by atoms with van der Waals surface area (Å²) in [6.07, 6.45) is 1.54. The van der Waals surface area contributed by atoms with Gasteiger partial charge in [0.1, 0.15) is 11.6 Å². The number of aromatic nitrogens is 1. The van der Waals surface area contributed by atoms with Crippen molar-refractivity contribution in [2.45, 2.75) is 13.5 Å². The predicted molar refractivity (Wildman–Crippen MR) is 104 cm³/mol. The van der Waals surface area contributed by atoms with E-state index in [1.54, 1.807) is 44.5 Å². The van der Waals surface area contributed by atoms with Gasteiger partial charge in [0.2, 0.25) is 0 Å². The molecule has 0 fully saturated rings. The summed E-state index contributed by atoms with van der Waals surface area (Å²) in [5, 5.41) is 5.90. The van der Waals surface area contributed by atoms with Crippen LogP contribution in [0.2, 0.25) is 0 Å². The maximum Gasteiger partial charge on any atom is 0.276 e. The van der Waals surface area contributed by atoms with Crippen LogP contribution < -0.4 is 15.4 Å². The SMILES string of the molecule is COc1ccc(CNc2cccnc2C(=O)Nc2ccc(C)c(F)c2)cc1. The van der Waals surface area contributed by atoms with Gasteiger partial charge in [-0.15, -0.1) is 0 Å². The molecule has 1 amide bonds. The minimum absolute atomic E-state index is 0.243. The van der Waals surface area contributed by atoms with Crippen LogP contribution in [-0.2, 0) is 6.54 Å². The summed E-state index contributed by atoms with van der Waals surface area (Å²) >= 11 is 0. The molecule has 0 spiro atoms. The minimum Gasteiger partial charge on any atom is -0.497 e. The number of carbonyl (C=O) groups is 1. The van der Waals surface area contributed by atoms with Crippen molar-refractivity contribution in [3.8, 4) is 5.75 Å². The first-order valence-corrected chi connectivity index (χ1v) is 8.46. The van der Waals surface area contributed by atoms with Crippen LogP contribution in [0, 0.1) is 12.7 Å². The fourth-order valence-electron chi connectivity index (χ4n) is 2.53. The molecule has 27 heavy (non-hydrogen) atoms. The summed E-state index contributed by atoms with van der Waals surface area (Å²) in [6.45, 7) is 2.19. The molecule has 0 saturated carbocycles. The molecule has 1 aromatic heterocycles. The van der Waals surface area contributed by atoms with E-state index in [9.17, 15) is 9.18 Å². The average molecular weight is 365 g/mol. The molecule has 0 aliphatic carbocycles. The van der Waals surface area contributed by atoms with Crippen LogP contribution in [0.4, 0.5) is 15.8 Å². The van der Waals surface area contributed by atoms with E-state index in [0.29, 0.717) is 23.5 Å². The van der Waals surface area contributed by atoms with Gasteiger partial charge in [0, 0.05) is 18.4 Å². The number of aryl methyl sites for hydroxylation is 1. The van der Waals surface area contributed by atoms with E-state index < -0.39 is 5.91 Å². The van der Waals surface area contributed by atoms with Crippen molar-refractivity contribution in [3.05, 3.63) is 83.4 Å². The van der Waals surface area contributed by atoms with E-state index in [1.165, 1.54) is 6.07 Å². The summed E-state index contributed by atoms with van der Waals surface area (Å²) in [4.78, 5) is 16.7. The second-order valence-corrected chi connectivity index (χ2v) is 6.02. The Morgan fingerprint density at radius 2 is 1.93 bits per heavy atom. The third-order valence-electron chi connectivity index (χ3n) is 4.09. The normalized spacial score (nSPS) is 10.3. The van der Waals surface area contributed by atoms with E-state index in [0.717, 1.165) is 11.3 Å². The molecule has 138 valence electrons. The Balaban J connectivity index is 1.72. The highest BCUT2D eigenvalue weighted by Gasteiger charge is 2.13. The van der Waals surface area contributed by atoms with E-state index in [4.69, 9.17) is 4.74 Å². The number of nitrogens with zero attached hydrogens (tertiary/aromatic N) is 1. The Bertz CT molecular complexity index is 942. The lowest BCUT2D eigenvalue weighted by atomic mass is 10.2. The van der Waals surface area contributed by atoms with Gasteiger partial charge in [0.15, 0.2) is 5.69 Å². The Labute approximate surface area is 157 Å².